The summed E-state index contributed by atoms with van der Waals surface area (Å²) in [5.41, 5.74) is 0. The SMILES string of the molecule is CC1CC(C)N(c2nsnc2Cl)C1. The molecule has 3 nitrogen and oxygen atoms in total. The monoisotopic (exact) mass is 217 g/mol. The van der Waals surface area contributed by atoms with Gasteiger partial charge in [0.25, 0.3) is 0 Å². The fraction of sp³-hybridized carbons (Fsp3) is 0.750. The van der Waals surface area contributed by atoms with Gasteiger partial charge in [-0.05, 0) is 19.3 Å². The van der Waals surface area contributed by atoms with Crippen molar-refractivity contribution in [3.05, 3.63) is 5.15 Å². The molecule has 1 aliphatic heterocycles. The number of hydrogen-bond donors (Lipinski definition) is 0. The minimum Gasteiger partial charge on any atom is -0.350 e. The predicted octanol–water partition coefficient (Wildman–Crippen LogP) is 2.43. The molecule has 0 bridgehead atoms. The molecule has 2 atom stereocenters. The Morgan fingerprint density at radius 1 is 1.46 bits per heavy atom. The molecule has 0 aliphatic carbocycles. The topological polar surface area (TPSA) is 29.0 Å². The van der Waals surface area contributed by atoms with Gasteiger partial charge in [0.05, 0.1) is 11.7 Å². The van der Waals surface area contributed by atoms with Crippen molar-refractivity contribution < 1.29 is 0 Å². The molecule has 0 amide bonds. The van der Waals surface area contributed by atoms with E-state index in [1.165, 1.54) is 18.1 Å². The maximum atomic E-state index is 5.93. The zero-order valence-electron chi connectivity index (χ0n) is 7.70. The molecule has 0 radical (unpaired) electrons. The van der Waals surface area contributed by atoms with Gasteiger partial charge >= 0.3 is 0 Å². The summed E-state index contributed by atoms with van der Waals surface area (Å²) in [5, 5.41) is 0.547. The highest BCUT2D eigenvalue weighted by molar-refractivity contribution is 6.99. The van der Waals surface area contributed by atoms with E-state index in [-0.39, 0.29) is 0 Å². The molecule has 1 aromatic rings. The first-order valence-electron chi connectivity index (χ1n) is 4.43. The third-order valence-corrected chi connectivity index (χ3v) is 3.36. The summed E-state index contributed by atoms with van der Waals surface area (Å²) in [7, 11) is 0. The molecule has 0 saturated carbocycles. The maximum Gasteiger partial charge on any atom is 0.187 e. The minimum atomic E-state index is 0.538. The molecule has 72 valence electrons. The van der Waals surface area contributed by atoms with Gasteiger partial charge in [0, 0.05) is 12.6 Å². The van der Waals surface area contributed by atoms with Gasteiger partial charge in [-0.1, -0.05) is 18.5 Å². The lowest BCUT2D eigenvalue weighted by Gasteiger charge is -2.20. The van der Waals surface area contributed by atoms with E-state index in [9.17, 15) is 0 Å². The van der Waals surface area contributed by atoms with Crippen molar-refractivity contribution in [1.82, 2.24) is 8.75 Å². The first-order chi connectivity index (χ1) is 6.18. The summed E-state index contributed by atoms with van der Waals surface area (Å²) < 4.78 is 8.18. The lowest BCUT2D eigenvalue weighted by molar-refractivity contribution is 0.625. The third-order valence-electron chi connectivity index (χ3n) is 2.49. The summed E-state index contributed by atoms with van der Waals surface area (Å²) >= 11 is 7.11. The van der Waals surface area contributed by atoms with E-state index in [0.717, 1.165) is 18.3 Å². The van der Waals surface area contributed by atoms with Gasteiger partial charge in [0.2, 0.25) is 0 Å². The molecular formula is C8H12ClN3S. The molecule has 5 heteroatoms. The van der Waals surface area contributed by atoms with Crippen molar-refractivity contribution in [2.45, 2.75) is 26.3 Å². The number of aromatic nitrogens is 2. The highest BCUT2D eigenvalue weighted by Gasteiger charge is 2.29. The lowest BCUT2D eigenvalue weighted by Crippen LogP contribution is -2.27. The van der Waals surface area contributed by atoms with Crippen LogP contribution >= 0.6 is 23.3 Å². The molecule has 1 aliphatic rings. The second kappa shape index (κ2) is 3.42. The number of halogens is 1. The summed E-state index contributed by atoms with van der Waals surface area (Å²) in [5.74, 6) is 1.59. The van der Waals surface area contributed by atoms with Crippen molar-refractivity contribution in [1.29, 1.82) is 0 Å². The fourth-order valence-electron chi connectivity index (χ4n) is 1.94. The number of hydrogen-bond acceptors (Lipinski definition) is 4. The molecular weight excluding hydrogens is 206 g/mol. The molecule has 1 fully saturated rings. The van der Waals surface area contributed by atoms with Gasteiger partial charge in [0.1, 0.15) is 0 Å². The Morgan fingerprint density at radius 3 is 2.69 bits per heavy atom. The van der Waals surface area contributed by atoms with Crippen molar-refractivity contribution >= 4 is 29.1 Å². The Labute approximate surface area is 87.0 Å². The summed E-state index contributed by atoms with van der Waals surface area (Å²) in [6.45, 7) is 5.51. The molecule has 2 heterocycles. The van der Waals surface area contributed by atoms with Crippen LogP contribution in [0.1, 0.15) is 20.3 Å². The Hall–Kier alpha value is -0.350. The first-order valence-corrected chi connectivity index (χ1v) is 5.54. The van der Waals surface area contributed by atoms with Crippen molar-refractivity contribution in [2.75, 3.05) is 11.4 Å². The summed E-state index contributed by atoms with van der Waals surface area (Å²) in [4.78, 5) is 2.25. The van der Waals surface area contributed by atoms with E-state index in [4.69, 9.17) is 11.6 Å². The van der Waals surface area contributed by atoms with E-state index in [1.807, 2.05) is 0 Å². The molecule has 0 N–H and O–H groups in total. The molecule has 1 aromatic heterocycles. The molecule has 1 saturated heterocycles. The molecule has 2 rings (SSSR count). The average molecular weight is 218 g/mol. The van der Waals surface area contributed by atoms with Gasteiger partial charge in [-0.25, -0.2) is 0 Å². The first kappa shape index (κ1) is 9.21. The molecule has 2 unspecified atom stereocenters. The number of rotatable bonds is 1. The van der Waals surface area contributed by atoms with Gasteiger partial charge in [-0.3, -0.25) is 0 Å². The third kappa shape index (κ3) is 1.65. The normalized spacial score (nSPS) is 28.4. The van der Waals surface area contributed by atoms with Crippen molar-refractivity contribution in [3.8, 4) is 0 Å². The smallest absolute Gasteiger partial charge is 0.187 e. The van der Waals surface area contributed by atoms with Gasteiger partial charge in [-0.15, -0.1) is 0 Å². The highest BCUT2D eigenvalue weighted by atomic mass is 35.5. The van der Waals surface area contributed by atoms with Crippen molar-refractivity contribution in [3.63, 3.8) is 0 Å². The number of anilines is 1. The zero-order chi connectivity index (χ0) is 9.42. The predicted molar refractivity (Wildman–Crippen MR) is 55.5 cm³/mol. The van der Waals surface area contributed by atoms with E-state index in [2.05, 4.69) is 27.5 Å². The highest BCUT2D eigenvalue weighted by Crippen LogP contribution is 2.31. The Morgan fingerprint density at radius 2 is 2.23 bits per heavy atom. The van der Waals surface area contributed by atoms with E-state index < -0.39 is 0 Å². The fourth-order valence-corrected chi connectivity index (χ4v) is 2.70. The van der Waals surface area contributed by atoms with Crippen LogP contribution < -0.4 is 4.90 Å². The maximum absolute atomic E-state index is 5.93. The van der Waals surface area contributed by atoms with Gasteiger partial charge in [-0.2, -0.15) is 8.75 Å². The second-order valence-corrected chi connectivity index (χ2v) is 4.61. The van der Waals surface area contributed by atoms with Crippen LogP contribution in [0.3, 0.4) is 0 Å². The quantitative estimate of drug-likeness (QED) is 0.724. The summed E-state index contributed by atoms with van der Waals surface area (Å²) in [6, 6.07) is 0.538. The molecule has 13 heavy (non-hydrogen) atoms. The van der Waals surface area contributed by atoms with E-state index in [1.54, 1.807) is 0 Å². The van der Waals surface area contributed by atoms with Gasteiger partial charge in [0.15, 0.2) is 11.0 Å². The summed E-state index contributed by atoms with van der Waals surface area (Å²) in [6.07, 6.45) is 1.22. The van der Waals surface area contributed by atoms with Gasteiger partial charge < -0.3 is 4.90 Å². The average Bonchev–Trinajstić information content (AvgIpc) is 2.58. The largest absolute Gasteiger partial charge is 0.350 e. The Kier molecular flexibility index (Phi) is 2.43. The second-order valence-electron chi connectivity index (χ2n) is 3.72. The Bertz CT molecular complexity index is 301. The van der Waals surface area contributed by atoms with E-state index in [0.29, 0.717) is 11.2 Å². The van der Waals surface area contributed by atoms with Crippen LogP contribution in [-0.4, -0.2) is 21.3 Å². The standard InChI is InChI=1S/C8H12ClN3S/c1-5-3-6(2)12(4-5)8-7(9)10-13-11-8/h5-6H,3-4H2,1-2H3. The van der Waals surface area contributed by atoms with Crippen LogP contribution in [0.15, 0.2) is 0 Å². The van der Waals surface area contributed by atoms with Crippen LogP contribution in [-0.2, 0) is 0 Å². The zero-order valence-corrected chi connectivity index (χ0v) is 9.27. The van der Waals surface area contributed by atoms with Crippen molar-refractivity contribution in [2.24, 2.45) is 5.92 Å². The van der Waals surface area contributed by atoms with Crippen LogP contribution in [0.5, 0.6) is 0 Å². The van der Waals surface area contributed by atoms with Crippen LogP contribution in [0.2, 0.25) is 5.15 Å². The van der Waals surface area contributed by atoms with E-state index >= 15 is 0 Å². The minimum absolute atomic E-state index is 0.538. The lowest BCUT2D eigenvalue weighted by atomic mass is 10.1. The van der Waals surface area contributed by atoms with Crippen LogP contribution in [0.25, 0.3) is 0 Å². The molecule has 0 aromatic carbocycles. The molecule has 0 spiro atoms. The Balaban J connectivity index is 2.22. The number of nitrogens with zero attached hydrogens (tertiary/aromatic N) is 3. The van der Waals surface area contributed by atoms with Crippen LogP contribution in [0, 0.1) is 5.92 Å². The van der Waals surface area contributed by atoms with Crippen LogP contribution in [0.4, 0.5) is 5.82 Å².